The summed E-state index contributed by atoms with van der Waals surface area (Å²) >= 11 is 0. The number of hydrogen-bond acceptors (Lipinski definition) is 3. The predicted molar refractivity (Wildman–Crippen MR) is 52.3 cm³/mol. The highest BCUT2D eigenvalue weighted by atomic mass is 16.6. The van der Waals surface area contributed by atoms with E-state index in [0.717, 1.165) is 0 Å². The number of ether oxygens (including phenoxy) is 1. The number of hydrazine groups is 1. The number of rotatable bonds is 2. The van der Waals surface area contributed by atoms with Crippen LogP contribution in [0.5, 0.6) is 0 Å². The minimum absolute atomic E-state index is 0.220. The monoisotopic (exact) mass is 188 g/mol. The summed E-state index contributed by atoms with van der Waals surface area (Å²) in [5.74, 6) is 0. The van der Waals surface area contributed by atoms with Crippen LogP contribution in [-0.2, 0) is 4.74 Å². The van der Waals surface area contributed by atoms with E-state index in [1.54, 1.807) is 7.05 Å². The Balaban J connectivity index is 3.97. The largest absolute Gasteiger partial charge is 0.443 e. The van der Waals surface area contributed by atoms with E-state index in [0.29, 0.717) is 0 Å². The van der Waals surface area contributed by atoms with Gasteiger partial charge in [0.25, 0.3) is 0 Å². The fourth-order valence-corrected chi connectivity index (χ4v) is 0.770. The topological polar surface area (TPSA) is 41.6 Å². The fraction of sp³-hybridized carbons (Fsp3) is 0.889. The molecule has 0 atom stereocenters. The Hall–Kier alpha value is -0.770. The Morgan fingerprint density at radius 1 is 1.38 bits per heavy atom. The predicted octanol–water partition coefficient (Wildman–Crippen LogP) is 1.77. The maximum Gasteiger partial charge on any atom is 0.424 e. The van der Waals surface area contributed by atoms with Gasteiger partial charge in [-0.1, -0.05) is 0 Å². The number of nitrogens with one attached hydrogen (secondary N) is 1. The minimum atomic E-state index is -0.440. The second kappa shape index (κ2) is 4.46. The van der Waals surface area contributed by atoms with Crippen LogP contribution in [0, 0.1) is 0 Å². The molecule has 78 valence electrons. The Morgan fingerprint density at radius 2 is 1.85 bits per heavy atom. The Labute approximate surface area is 80.2 Å². The molecule has 0 spiro atoms. The molecular formula is C9H20N2O2. The van der Waals surface area contributed by atoms with Crippen LogP contribution in [0.3, 0.4) is 0 Å². The summed E-state index contributed by atoms with van der Waals surface area (Å²) in [6, 6.07) is 0.220. The Kier molecular flexibility index (Phi) is 4.20. The van der Waals surface area contributed by atoms with Crippen molar-refractivity contribution in [2.24, 2.45) is 0 Å². The highest BCUT2D eigenvalue weighted by molar-refractivity contribution is 5.67. The minimum Gasteiger partial charge on any atom is -0.443 e. The molecule has 0 radical (unpaired) electrons. The van der Waals surface area contributed by atoms with E-state index in [1.165, 1.54) is 5.01 Å². The first-order chi connectivity index (χ1) is 5.72. The molecule has 0 aliphatic rings. The third-order valence-electron chi connectivity index (χ3n) is 1.12. The molecule has 0 bridgehead atoms. The molecule has 0 saturated heterocycles. The highest BCUT2D eigenvalue weighted by Crippen LogP contribution is 2.08. The van der Waals surface area contributed by atoms with Crippen molar-refractivity contribution >= 4 is 6.09 Å². The van der Waals surface area contributed by atoms with E-state index < -0.39 is 5.60 Å². The Bertz CT molecular complexity index is 173. The van der Waals surface area contributed by atoms with Crippen molar-refractivity contribution in [3.63, 3.8) is 0 Å². The first-order valence-electron chi connectivity index (χ1n) is 4.45. The molecule has 0 aromatic heterocycles. The van der Waals surface area contributed by atoms with Crippen molar-refractivity contribution in [1.29, 1.82) is 0 Å². The molecule has 0 aromatic carbocycles. The summed E-state index contributed by atoms with van der Waals surface area (Å²) in [6.07, 6.45) is -0.360. The zero-order valence-electron chi connectivity index (χ0n) is 9.34. The van der Waals surface area contributed by atoms with Gasteiger partial charge in [0.1, 0.15) is 5.60 Å². The second-order valence-electron chi connectivity index (χ2n) is 4.32. The third-order valence-corrected chi connectivity index (χ3v) is 1.12. The van der Waals surface area contributed by atoms with Crippen LogP contribution >= 0.6 is 0 Å². The van der Waals surface area contributed by atoms with Crippen molar-refractivity contribution in [2.45, 2.75) is 46.3 Å². The summed E-state index contributed by atoms with van der Waals surface area (Å²) in [5, 5.41) is 1.36. The van der Waals surface area contributed by atoms with Crippen LogP contribution in [0.2, 0.25) is 0 Å². The van der Waals surface area contributed by atoms with Gasteiger partial charge in [0.05, 0.1) is 0 Å². The number of amides is 1. The molecule has 1 amide bonds. The molecule has 4 heteroatoms. The molecule has 0 aliphatic heterocycles. The van der Waals surface area contributed by atoms with Gasteiger partial charge in [-0.3, -0.25) is 0 Å². The lowest BCUT2D eigenvalue weighted by atomic mass is 10.2. The van der Waals surface area contributed by atoms with E-state index in [9.17, 15) is 4.79 Å². The summed E-state index contributed by atoms with van der Waals surface area (Å²) < 4.78 is 5.12. The molecule has 0 aromatic rings. The molecule has 0 unspecified atom stereocenters. The molecule has 0 aliphatic carbocycles. The van der Waals surface area contributed by atoms with Crippen LogP contribution < -0.4 is 5.43 Å². The van der Waals surface area contributed by atoms with E-state index in [4.69, 9.17) is 4.74 Å². The van der Waals surface area contributed by atoms with Gasteiger partial charge in [-0.25, -0.2) is 15.2 Å². The zero-order chi connectivity index (χ0) is 10.6. The van der Waals surface area contributed by atoms with Crippen molar-refractivity contribution in [1.82, 2.24) is 10.4 Å². The van der Waals surface area contributed by atoms with Gasteiger partial charge in [0, 0.05) is 13.1 Å². The van der Waals surface area contributed by atoms with Crippen LogP contribution in [-0.4, -0.2) is 29.8 Å². The summed E-state index contributed by atoms with van der Waals surface area (Å²) in [7, 11) is 1.65. The second-order valence-corrected chi connectivity index (χ2v) is 4.32. The number of hydrogen-bond donors (Lipinski definition) is 1. The lowest BCUT2D eigenvalue weighted by Crippen LogP contribution is -2.45. The standard InChI is InChI=1S/C9H20N2O2/c1-7(2)10-11(6)8(12)13-9(3,4)5/h7,10H,1-6H3. The van der Waals surface area contributed by atoms with Gasteiger partial charge in [0.2, 0.25) is 0 Å². The molecule has 4 nitrogen and oxygen atoms in total. The molecule has 0 fully saturated rings. The van der Waals surface area contributed by atoms with E-state index in [2.05, 4.69) is 5.43 Å². The SMILES string of the molecule is CC(C)NN(C)C(=O)OC(C)(C)C. The summed E-state index contributed by atoms with van der Waals surface area (Å²) in [5.41, 5.74) is 2.48. The molecule has 13 heavy (non-hydrogen) atoms. The lowest BCUT2D eigenvalue weighted by Gasteiger charge is -2.26. The van der Waals surface area contributed by atoms with Gasteiger partial charge >= 0.3 is 6.09 Å². The first kappa shape index (κ1) is 12.2. The lowest BCUT2D eigenvalue weighted by molar-refractivity contribution is 0.0179. The van der Waals surface area contributed by atoms with Gasteiger partial charge < -0.3 is 4.74 Å². The molecule has 1 N–H and O–H groups in total. The third kappa shape index (κ3) is 6.40. The van der Waals surface area contributed by atoms with E-state index in [-0.39, 0.29) is 12.1 Å². The van der Waals surface area contributed by atoms with Gasteiger partial charge in [-0.2, -0.15) is 0 Å². The van der Waals surface area contributed by atoms with Crippen LogP contribution in [0.25, 0.3) is 0 Å². The maximum atomic E-state index is 11.3. The van der Waals surface area contributed by atoms with Crippen LogP contribution in [0.1, 0.15) is 34.6 Å². The number of carbonyl (C=O) groups is 1. The van der Waals surface area contributed by atoms with E-state index >= 15 is 0 Å². The maximum absolute atomic E-state index is 11.3. The Morgan fingerprint density at radius 3 is 2.15 bits per heavy atom. The molecule has 0 heterocycles. The molecular weight excluding hydrogens is 168 g/mol. The quantitative estimate of drug-likeness (QED) is 0.671. The van der Waals surface area contributed by atoms with Gasteiger partial charge in [0.15, 0.2) is 0 Å². The number of nitrogens with zero attached hydrogens (tertiary/aromatic N) is 1. The molecule has 0 saturated carbocycles. The fourth-order valence-electron chi connectivity index (χ4n) is 0.770. The zero-order valence-corrected chi connectivity index (χ0v) is 9.34. The normalized spacial score (nSPS) is 11.6. The van der Waals surface area contributed by atoms with Crippen molar-refractivity contribution in [3.05, 3.63) is 0 Å². The van der Waals surface area contributed by atoms with Gasteiger partial charge in [-0.05, 0) is 34.6 Å². The van der Waals surface area contributed by atoms with Crippen molar-refractivity contribution in [3.8, 4) is 0 Å². The smallest absolute Gasteiger partial charge is 0.424 e. The van der Waals surface area contributed by atoms with Crippen LogP contribution in [0.4, 0.5) is 4.79 Å². The van der Waals surface area contributed by atoms with Gasteiger partial charge in [-0.15, -0.1) is 0 Å². The molecule has 0 rings (SSSR count). The number of carbonyl (C=O) groups excluding carboxylic acids is 1. The summed E-state index contributed by atoms with van der Waals surface area (Å²) in [4.78, 5) is 11.3. The van der Waals surface area contributed by atoms with Crippen molar-refractivity contribution < 1.29 is 9.53 Å². The highest BCUT2D eigenvalue weighted by Gasteiger charge is 2.19. The van der Waals surface area contributed by atoms with Crippen LogP contribution in [0.15, 0.2) is 0 Å². The van der Waals surface area contributed by atoms with Crippen molar-refractivity contribution in [2.75, 3.05) is 7.05 Å². The summed E-state index contributed by atoms with van der Waals surface area (Å²) in [6.45, 7) is 9.44. The van der Waals surface area contributed by atoms with E-state index in [1.807, 2.05) is 34.6 Å². The first-order valence-corrected chi connectivity index (χ1v) is 4.45. The average molecular weight is 188 g/mol. The average Bonchev–Trinajstić information content (AvgIpc) is 1.81.